The smallest absolute Gasteiger partial charge is 0.123 e. The minimum Gasteiger partial charge on any atom is -0.496 e. The van der Waals surface area contributed by atoms with Crippen LogP contribution in [0.2, 0.25) is 5.02 Å². The van der Waals surface area contributed by atoms with E-state index in [2.05, 4.69) is 4.90 Å². The highest BCUT2D eigenvalue weighted by molar-refractivity contribution is 6.30. The van der Waals surface area contributed by atoms with E-state index in [1.165, 1.54) is 0 Å². The van der Waals surface area contributed by atoms with E-state index >= 15 is 0 Å². The van der Waals surface area contributed by atoms with Gasteiger partial charge in [-0.2, -0.15) is 0 Å². The molecule has 5 heteroatoms. The van der Waals surface area contributed by atoms with Crippen molar-refractivity contribution in [3.63, 3.8) is 0 Å². The van der Waals surface area contributed by atoms with E-state index in [1.807, 2.05) is 25.2 Å². The van der Waals surface area contributed by atoms with Crippen LogP contribution in [-0.4, -0.2) is 49.5 Å². The van der Waals surface area contributed by atoms with Gasteiger partial charge in [-0.15, -0.1) is 0 Å². The molecular formula is C15H22ClNO3. The number of halogens is 1. The van der Waals surface area contributed by atoms with Gasteiger partial charge in [0.15, 0.2) is 0 Å². The van der Waals surface area contributed by atoms with Gasteiger partial charge in [0, 0.05) is 49.7 Å². The molecule has 1 fully saturated rings. The topological polar surface area (TPSA) is 41.9 Å². The summed E-state index contributed by atoms with van der Waals surface area (Å²) in [6.07, 6.45) is 1.37. The predicted octanol–water partition coefficient (Wildman–Crippen LogP) is 2.32. The Labute approximate surface area is 125 Å². The van der Waals surface area contributed by atoms with Gasteiger partial charge in [-0.1, -0.05) is 11.6 Å². The lowest BCUT2D eigenvalue weighted by Gasteiger charge is -2.35. The minimum atomic E-state index is -0.654. The zero-order valence-corrected chi connectivity index (χ0v) is 12.8. The zero-order valence-electron chi connectivity index (χ0n) is 12.1. The van der Waals surface area contributed by atoms with Crippen LogP contribution < -0.4 is 4.74 Å². The third-order valence-electron chi connectivity index (χ3n) is 3.67. The molecule has 0 amide bonds. The Morgan fingerprint density at radius 2 is 2.10 bits per heavy atom. The monoisotopic (exact) mass is 299 g/mol. The van der Waals surface area contributed by atoms with Gasteiger partial charge in [0.2, 0.25) is 0 Å². The molecular weight excluding hydrogens is 278 g/mol. The summed E-state index contributed by atoms with van der Waals surface area (Å²) in [6, 6.07) is 5.59. The van der Waals surface area contributed by atoms with E-state index in [0.717, 1.165) is 11.3 Å². The minimum absolute atomic E-state index is 0.617. The second kappa shape index (κ2) is 6.76. The molecule has 20 heavy (non-hydrogen) atoms. The summed E-state index contributed by atoms with van der Waals surface area (Å²) in [5, 5.41) is 11.2. The molecule has 0 bridgehead atoms. The molecule has 0 atom stereocenters. The Kier molecular flexibility index (Phi) is 5.27. The van der Waals surface area contributed by atoms with Crippen molar-refractivity contribution in [3.05, 3.63) is 28.8 Å². The van der Waals surface area contributed by atoms with E-state index in [-0.39, 0.29) is 0 Å². The van der Waals surface area contributed by atoms with Gasteiger partial charge in [-0.25, -0.2) is 0 Å². The molecule has 1 aromatic carbocycles. The molecule has 0 aliphatic carbocycles. The van der Waals surface area contributed by atoms with Crippen molar-refractivity contribution < 1.29 is 14.6 Å². The third-order valence-corrected chi connectivity index (χ3v) is 3.91. The molecule has 0 spiro atoms. The molecule has 0 saturated carbocycles. The van der Waals surface area contributed by atoms with E-state index < -0.39 is 5.60 Å². The van der Waals surface area contributed by atoms with Gasteiger partial charge in [0.05, 0.1) is 12.7 Å². The largest absolute Gasteiger partial charge is 0.496 e. The summed E-state index contributed by atoms with van der Waals surface area (Å²) >= 11 is 6.04. The number of methoxy groups -OCH3 is 1. The Hall–Kier alpha value is -0.810. The quantitative estimate of drug-likeness (QED) is 0.906. The average Bonchev–Trinajstić information content (AvgIpc) is 2.39. The fourth-order valence-corrected chi connectivity index (χ4v) is 2.82. The van der Waals surface area contributed by atoms with Crippen molar-refractivity contribution >= 4 is 11.6 Å². The standard InChI is InChI=1S/C15H22ClNO3/c1-17(11-15(18)5-7-20-8-6-15)10-12-9-13(16)3-4-14(12)19-2/h3-4,9,18H,5-8,10-11H2,1-2H3. The number of rotatable bonds is 5. The molecule has 1 aliphatic heterocycles. The van der Waals surface area contributed by atoms with Crippen molar-refractivity contribution in [3.8, 4) is 5.75 Å². The van der Waals surface area contributed by atoms with Gasteiger partial charge in [0.25, 0.3) is 0 Å². The third kappa shape index (κ3) is 4.09. The van der Waals surface area contributed by atoms with E-state index in [1.54, 1.807) is 7.11 Å². The molecule has 1 saturated heterocycles. The Balaban J connectivity index is 2.00. The zero-order chi connectivity index (χ0) is 14.6. The van der Waals surface area contributed by atoms with E-state index in [9.17, 15) is 5.11 Å². The number of aliphatic hydroxyl groups is 1. The van der Waals surface area contributed by atoms with Gasteiger partial charge in [-0.05, 0) is 25.2 Å². The number of hydrogen-bond donors (Lipinski definition) is 1. The number of ether oxygens (including phenoxy) is 2. The Morgan fingerprint density at radius 1 is 1.40 bits per heavy atom. The molecule has 1 aromatic rings. The first kappa shape index (κ1) is 15.6. The summed E-state index contributed by atoms with van der Waals surface area (Å²) < 4.78 is 10.6. The second-order valence-corrected chi connectivity index (χ2v) is 5.90. The maximum absolute atomic E-state index is 10.5. The Bertz CT molecular complexity index is 447. The number of nitrogens with zero attached hydrogens (tertiary/aromatic N) is 1. The Morgan fingerprint density at radius 3 is 2.75 bits per heavy atom. The van der Waals surface area contributed by atoms with Crippen LogP contribution in [0.4, 0.5) is 0 Å². The lowest BCUT2D eigenvalue weighted by Crippen LogP contribution is -2.45. The number of benzene rings is 1. The maximum atomic E-state index is 10.5. The molecule has 112 valence electrons. The molecule has 0 aromatic heterocycles. The molecule has 2 rings (SSSR count). The SMILES string of the molecule is COc1ccc(Cl)cc1CN(C)CC1(O)CCOCC1. The predicted molar refractivity (Wildman–Crippen MR) is 79.3 cm³/mol. The van der Waals surface area contributed by atoms with Crippen molar-refractivity contribution in [1.29, 1.82) is 0 Å². The first-order valence-electron chi connectivity index (χ1n) is 6.83. The normalized spacial score (nSPS) is 18.2. The van der Waals surface area contributed by atoms with Crippen LogP contribution in [0.1, 0.15) is 18.4 Å². The van der Waals surface area contributed by atoms with Crippen LogP contribution in [0.5, 0.6) is 5.75 Å². The summed E-state index contributed by atoms with van der Waals surface area (Å²) in [5.41, 5.74) is 0.372. The van der Waals surface area contributed by atoms with Crippen LogP contribution in [0, 0.1) is 0 Å². The van der Waals surface area contributed by atoms with Gasteiger partial charge >= 0.3 is 0 Å². The maximum Gasteiger partial charge on any atom is 0.123 e. The highest BCUT2D eigenvalue weighted by atomic mass is 35.5. The molecule has 0 radical (unpaired) electrons. The molecule has 1 N–H and O–H groups in total. The van der Waals surface area contributed by atoms with Gasteiger partial charge in [0.1, 0.15) is 5.75 Å². The van der Waals surface area contributed by atoms with Crippen molar-refractivity contribution in [2.45, 2.75) is 25.0 Å². The number of likely N-dealkylation sites (N-methyl/N-ethyl adjacent to an activating group) is 1. The van der Waals surface area contributed by atoms with E-state index in [0.29, 0.717) is 44.2 Å². The van der Waals surface area contributed by atoms with Crippen LogP contribution in [0.25, 0.3) is 0 Å². The number of hydrogen-bond acceptors (Lipinski definition) is 4. The average molecular weight is 300 g/mol. The molecule has 1 heterocycles. The molecule has 1 aliphatic rings. The van der Waals surface area contributed by atoms with Gasteiger partial charge in [-0.3, -0.25) is 4.90 Å². The van der Waals surface area contributed by atoms with Crippen LogP contribution in [0.15, 0.2) is 18.2 Å². The summed E-state index contributed by atoms with van der Waals surface area (Å²) in [6.45, 7) is 2.56. The highest BCUT2D eigenvalue weighted by Crippen LogP contribution is 2.26. The van der Waals surface area contributed by atoms with Crippen LogP contribution in [-0.2, 0) is 11.3 Å². The lowest BCUT2D eigenvalue weighted by molar-refractivity contribution is -0.0777. The van der Waals surface area contributed by atoms with Gasteiger partial charge < -0.3 is 14.6 Å². The van der Waals surface area contributed by atoms with E-state index in [4.69, 9.17) is 21.1 Å². The summed E-state index contributed by atoms with van der Waals surface area (Å²) in [5.74, 6) is 0.820. The fraction of sp³-hybridized carbons (Fsp3) is 0.600. The van der Waals surface area contributed by atoms with Crippen molar-refractivity contribution in [2.24, 2.45) is 0 Å². The second-order valence-electron chi connectivity index (χ2n) is 5.47. The summed E-state index contributed by atoms with van der Waals surface area (Å²) in [4.78, 5) is 2.10. The summed E-state index contributed by atoms with van der Waals surface area (Å²) in [7, 11) is 3.65. The highest BCUT2D eigenvalue weighted by Gasteiger charge is 2.31. The molecule has 0 unspecified atom stereocenters. The first-order chi connectivity index (χ1) is 9.52. The van der Waals surface area contributed by atoms with Crippen LogP contribution in [0.3, 0.4) is 0 Å². The van der Waals surface area contributed by atoms with Crippen molar-refractivity contribution in [2.75, 3.05) is 33.9 Å². The fourth-order valence-electron chi connectivity index (χ4n) is 2.63. The first-order valence-corrected chi connectivity index (χ1v) is 7.21. The van der Waals surface area contributed by atoms with Crippen molar-refractivity contribution in [1.82, 2.24) is 4.90 Å². The lowest BCUT2D eigenvalue weighted by atomic mass is 9.94. The molecule has 4 nitrogen and oxygen atoms in total. The van der Waals surface area contributed by atoms with Crippen LogP contribution >= 0.6 is 11.6 Å².